The van der Waals surface area contributed by atoms with E-state index in [1.807, 2.05) is 18.2 Å². The van der Waals surface area contributed by atoms with Gasteiger partial charge in [0.2, 0.25) is 0 Å². The van der Waals surface area contributed by atoms with Crippen molar-refractivity contribution in [3.8, 4) is 0 Å². The maximum absolute atomic E-state index is 3.14. The molecule has 0 nitrogen and oxygen atoms in total. The highest BCUT2D eigenvalue weighted by Crippen LogP contribution is 2.32. The summed E-state index contributed by atoms with van der Waals surface area (Å²) in [5.41, 5.74) is 3.92. The molecule has 2 aromatic carbocycles. The molecule has 0 unspecified atom stereocenters. The summed E-state index contributed by atoms with van der Waals surface area (Å²) in [6, 6.07) is 21.9. The van der Waals surface area contributed by atoms with Crippen molar-refractivity contribution in [1.82, 2.24) is 0 Å². The maximum Gasteiger partial charge on any atom is 0.0310 e. The van der Waals surface area contributed by atoms with Crippen LogP contribution in [0.3, 0.4) is 0 Å². The predicted molar refractivity (Wildman–Crippen MR) is 75.8 cm³/mol. The molecule has 2 aromatic rings. The van der Waals surface area contributed by atoms with Gasteiger partial charge in [0.25, 0.3) is 0 Å². The highest BCUT2D eigenvalue weighted by atomic mass is 14.2. The number of hydrogen-bond acceptors (Lipinski definition) is 0. The van der Waals surface area contributed by atoms with E-state index in [1.165, 1.54) is 22.6 Å². The van der Waals surface area contributed by atoms with Gasteiger partial charge in [0.1, 0.15) is 0 Å². The van der Waals surface area contributed by atoms with Gasteiger partial charge in [-0.15, -0.1) is 0 Å². The molecular weight excluding hydrogens is 216 g/mol. The minimum absolute atomic E-state index is 0.984. The molecule has 0 fully saturated rings. The molecule has 1 aliphatic carbocycles. The summed E-state index contributed by atoms with van der Waals surface area (Å²) in [5.74, 6) is 1.37. The molecule has 86 valence electrons. The predicted octanol–water partition coefficient (Wildman–Crippen LogP) is 4.45. The van der Waals surface area contributed by atoms with Gasteiger partial charge in [-0.2, -0.15) is 0 Å². The van der Waals surface area contributed by atoms with Gasteiger partial charge in [-0.1, -0.05) is 66.8 Å². The van der Waals surface area contributed by atoms with Crippen LogP contribution in [0.5, 0.6) is 0 Å². The second-order valence-electron chi connectivity index (χ2n) is 4.41. The molecule has 0 atom stereocenters. The van der Waals surface area contributed by atoms with Crippen LogP contribution in [-0.4, -0.2) is 0 Å². The number of benzene rings is 2. The normalized spacial score (nSPS) is 15.4. The van der Waals surface area contributed by atoms with Gasteiger partial charge in [-0.3, -0.25) is 0 Å². The Balaban J connectivity index is 1.85. The Kier molecular flexibility index (Phi) is 3.10. The Morgan fingerprint density at radius 1 is 0.889 bits per heavy atom. The minimum Gasteiger partial charge on any atom is -0.0724 e. The minimum atomic E-state index is 0.984. The van der Waals surface area contributed by atoms with Crippen molar-refractivity contribution < 1.29 is 0 Å². The van der Waals surface area contributed by atoms with Gasteiger partial charge >= 0.3 is 0 Å². The Hall–Kier alpha value is -2.08. The highest BCUT2D eigenvalue weighted by molar-refractivity contribution is 5.72. The van der Waals surface area contributed by atoms with E-state index in [-0.39, 0.29) is 0 Å². The van der Waals surface area contributed by atoms with E-state index in [1.54, 1.807) is 0 Å². The molecule has 0 spiro atoms. The third-order valence-corrected chi connectivity index (χ3v) is 3.20. The molecule has 0 bridgehead atoms. The first-order valence-electron chi connectivity index (χ1n) is 6.18. The highest BCUT2D eigenvalue weighted by Gasteiger charge is 2.14. The quantitative estimate of drug-likeness (QED) is 0.715. The Labute approximate surface area is 108 Å². The zero-order valence-electron chi connectivity index (χ0n) is 10.1. The van der Waals surface area contributed by atoms with Crippen LogP contribution in [0.4, 0.5) is 0 Å². The second kappa shape index (κ2) is 5.05. The fourth-order valence-electron chi connectivity index (χ4n) is 2.25. The van der Waals surface area contributed by atoms with Gasteiger partial charge in [-0.05, 0) is 35.3 Å². The Bertz CT molecular complexity index is 562. The molecule has 0 amide bonds. The lowest BCUT2D eigenvalue weighted by atomic mass is 9.86. The van der Waals surface area contributed by atoms with Crippen molar-refractivity contribution in [2.24, 2.45) is 0 Å². The lowest BCUT2D eigenvalue weighted by Gasteiger charge is -2.18. The third-order valence-electron chi connectivity index (χ3n) is 3.20. The van der Waals surface area contributed by atoms with Crippen LogP contribution in [0.1, 0.15) is 17.5 Å². The van der Waals surface area contributed by atoms with Crippen molar-refractivity contribution in [3.05, 3.63) is 95.9 Å². The van der Waals surface area contributed by atoms with Crippen LogP contribution >= 0.6 is 0 Å². The fraction of sp³-hybridized carbons (Fsp3) is 0.0556. The molecule has 2 radical (unpaired) electrons. The third kappa shape index (κ3) is 2.28. The van der Waals surface area contributed by atoms with Gasteiger partial charge in [0.15, 0.2) is 0 Å². The molecule has 0 saturated heterocycles. The first-order chi connectivity index (χ1) is 8.93. The fourth-order valence-corrected chi connectivity index (χ4v) is 2.25. The lowest BCUT2D eigenvalue weighted by Crippen LogP contribution is -2.01. The smallest absolute Gasteiger partial charge is 0.0310 e. The molecule has 0 heteroatoms. The van der Waals surface area contributed by atoms with Gasteiger partial charge in [0.05, 0.1) is 0 Å². The van der Waals surface area contributed by atoms with Crippen LogP contribution in [-0.2, 0) is 0 Å². The maximum atomic E-state index is 3.14. The van der Waals surface area contributed by atoms with E-state index in [4.69, 9.17) is 0 Å². The zero-order valence-corrected chi connectivity index (χ0v) is 10.1. The van der Waals surface area contributed by atoms with Gasteiger partial charge in [0, 0.05) is 5.92 Å². The molecule has 0 saturated carbocycles. The van der Waals surface area contributed by atoms with E-state index < -0.39 is 0 Å². The number of hydrogen-bond donors (Lipinski definition) is 0. The average molecular weight is 230 g/mol. The molecule has 3 rings (SSSR count). The number of rotatable bonds is 2. The van der Waals surface area contributed by atoms with Gasteiger partial charge in [-0.25, -0.2) is 0 Å². The Morgan fingerprint density at radius 2 is 1.72 bits per heavy atom. The van der Waals surface area contributed by atoms with Crippen molar-refractivity contribution in [1.29, 1.82) is 0 Å². The molecular formula is C18H14. The van der Waals surface area contributed by atoms with Crippen LogP contribution in [0.2, 0.25) is 0 Å². The summed E-state index contributed by atoms with van der Waals surface area (Å²) < 4.78 is 0. The summed E-state index contributed by atoms with van der Waals surface area (Å²) >= 11 is 0. The molecule has 0 N–H and O–H groups in total. The zero-order chi connectivity index (χ0) is 12.2. The van der Waals surface area contributed by atoms with Crippen LogP contribution in [0.15, 0.2) is 72.8 Å². The second-order valence-corrected chi connectivity index (χ2v) is 4.41. The Morgan fingerprint density at radius 3 is 2.50 bits per heavy atom. The lowest BCUT2D eigenvalue weighted by molar-refractivity contribution is 1.11. The van der Waals surface area contributed by atoms with E-state index in [0.29, 0.717) is 0 Å². The number of allylic oxidation sites excluding steroid dienone is 4. The van der Waals surface area contributed by atoms with E-state index in [0.717, 1.165) is 6.42 Å². The van der Waals surface area contributed by atoms with Crippen molar-refractivity contribution in [2.45, 2.75) is 6.42 Å². The van der Waals surface area contributed by atoms with E-state index >= 15 is 0 Å². The van der Waals surface area contributed by atoms with Crippen LogP contribution < -0.4 is 0 Å². The standard InChI is InChI=1S/C18H14/c1-3-8-15(9-4-1)17-12-7-13-18(14-17)16-10-5-2-6-11-16/h1-5,7-13H,14H2. The topological polar surface area (TPSA) is 0 Å². The first kappa shape index (κ1) is 11.0. The monoisotopic (exact) mass is 230 g/mol. The summed E-state index contributed by atoms with van der Waals surface area (Å²) in [6.07, 6.45) is 7.51. The molecule has 0 aliphatic heterocycles. The van der Waals surface area contributed by atoms with Gasteiger partial charge < -0.3 is 0 Å². The first-order valence-corrected chi connectivity index (χ1v) is 6.18. The van der Waals surface area contributed by atoms with E-state index in [2.05, 4.69) is 60.7 Å². The largest absolute Gasteiger partial charge is 0.0724 e. The van der Waals surface area contributed by atoms with Crippen LogP contribution in [0.25, 0.3) is 5.57 Å². The summed E-state index contributed by atoms with van der Waals surface area (Å²) in [5, 5.41) is 0. The summed E-state index contributed by atoms with van der Waals surface area (Å²) in [6.45, 7) is 0. The van der Waals surface area contributed by atoms with Crippen molar-refractivity contribution >= 4 is 5.57 Å². The summed E-state index contributed by atoms with van der Waals surface area (Å²) in [7, 11) is 0. The SMILES string of the molecule is [c]1cccc(C2=CC=C[C](c3ccccc3)C2)c1. The molecule has 1 aliphatic rings. The molecule has 0 heterocycles. The van der Waals surface area contributed by atoms with Crippen molar-refractivity contribution in [3.63, 3.8) is 0 Å². The van der Waals surface area contributed by atoms with E-state index in [9.17, 15) is 0 Å². The van der Waals surface area contributed by atoms with Crippen LogP contribution in [0, 0.1) is 12.0 Å². The average Bonchev–Trinajstić information content (AvgIpc) is 2.49. The molecule has 0 aromatic heterocycles. The molecule has 18 heavy (non-hydrogen) atoms. The summed E-state index contributed by atoms with van der Waals surface area (Å²) in [4.78, 5) is 0. The van der Waals surface area contributed by atoms with Crippen molar-refractivity contribution in [2.75, 3.05) is 0 Å².